The van der Waals surface area contributed by atoms with E-state index in [1.54, 1.807) is 6.20 Å². The average Bonchev–Trinajstić information content (AvgIpc) is 2.19. The number of carbonyl (C=O) groups excluding carboxylic acids is 1. The standard InChI is InChI=1S/C11H13NO/c1-11(8-13)6-2-4-9-5-3-7-12-10(9)11/h3,5,7-8H,2,4,6H2,1H3. The Labute approximate surface area is 78.0 Å². The van der Waals surface area contributed by atoms with Gasteiger partial charge in [0.1, 0.15) is 6.29 Å². The summed E-state index contributed by atoms with van der Waals surface area (Å²) in [6.07, 6.45) is 5.89. The van der Waals surface area contributed by atoms with Crippen molar-refractivity contribution in [1.82, 2.24) is 4.98 Å². The highest BCUT2D eigenvalue weighted by Gasteiger charge is 2.32. The van der Waals surface area contributed by atoms with Gasteiger partial charge in [-0.25, -0.2) is 0 Å². The lowest BCUT2D eigenvalue weighted by atomic mass is 9.75. The number of nitrogens with zero attached hydrogens (tertiary/aromatic N) is 1. The molecular weight excluding hydrogens is 162 g/mol. The van der Waals surface area contributed by atoms with Crippen molar-refractivity contribution in [2.24, 2.45) is 0 Å². The van der Waals surface area contributed by atoms with E-state index >= 15 is 0 Å². The summed E-state index contributed by atoms with van der Waals surface area (Å²) in [5, 5.41) is 0. The van der Waals surface area contributed by atoms with Crippen molar-refractivity contribution >= 4 is 6.29 Å². The van der Waals surface area contributed by atoms with Gasteiger partial charge >= 0.3 is 0 Å². The van der Waals surface area contributed by atoms with Crippen molar-refractivity contribution in [1.29, 1.82) is 0 Å². The van der Waals surface area contributed by atoms with Gasteiger partial charge in [-0.15, -0.1) is 0 Å². The average molecular weight is 175 g/mol. The molecule has 0 radical (unpaired) electrons. The van der Waals surface area contributed by atoms with E-state index in [0.717, 1.165) is 31.2 Å². The first kappa shape index (κ1) is 8.42. The summed E-state index contributed by atoms with van der Waals surface area (Å²) in [5.74, 6) is 0. The highest BCUT2D eigenvalue weighted by Crippen LogP contribution is 2.33. The summed E-state index contributed by atoms with van der Waals surface area (Å²) >= 11 is 0. The minimum Gasteiger partial charge on any atom is -0.302 e. The molecule has 0 aromatic carbocycles. The molecule has 1 aliphatic carbocycles. The summed E-state index contributed by atoms with van der Waals surface area (Å²) in [5.41, 5.74) is 1.88. The number of aromatic nitrogens is 1. The van der Waals surface area contributed by atoms with Gasteiger partial charge in [0.15, 0.2) is 0 Å². The molecule has 1 unspecified atom stereocenters. The van der Waals surface area contributed by atoms with Gasteiger partial charge in [0.05, 0.1) is 11.1 Å². The smallest absolute Gasteiger partial charge is 0.131 e. The Morgan fingerprint density at radius 1 is 1.62 bits per heavy atom. The maximum Gasteiger partial charge on any atom is 0.131 e. The Balaban J connectivity index is 2.54. The van der Waals surface area contributed by atoms with Crippen LogP contribution in [0.4, 0.5) is 0 Å². The van der Waals surface area contributed by atoms with E-state index in [-0.39, 0.29) is 5.41 Å². The molecule has 1 atom stereocenters. The first-order valence-electron chi connectivity index (χ1n) is 4.67. The van der Waals surface area contributed by atoms with E-state index in [9.17, 15) is 4.79 Å². The topological polar surface area (TPSA) is 30.0 Å². The van der Waals surface area contributed by atoms with Gasteiger partial charge in [0.2, 0.25) is 0 Å². The van der Waals surface area contributed by atoms with E-state index < -0.39 is 0 Å². The lowest BCUT2D eigenvalue weighted by Crippen LogP contribution is -2.30. The molecule has 0 spiro atoms. The van der Waals surface area contributed by atoms with Crippen LogP contribution >= 0.6 is 0 Å². The molecular formula is C11H13NO. The SMILES string of the molecule is CC1(C=O)CCCc2cccnc21. The monoisotopic (exact) mass is 175 g/mol. The molecule has 0 bridgehead atoms. The Hall–Kier alpha value is -1.18. The molecule has 1 aromatic heterocycles. The number of pyridine rings is 1. The summed E-state index contributed by atoms with van der Waals surface area (Å²) in [6, 6.07) is 4.01. The molecule has 0 aliphatic heterocycles. The van der Waals surface area contributed by atoms with E-state index in [0.29, 0.717) is 0 Å². The van der Waals surface area contributed by atoms with Crippen molar-refractivity contribution in [2.45, 2.75) is 31.6 Å². The second-order valence-corrected chi connectivity index (χ2v) is 3.90. The summed E-state index contributed by atoms with van der Waals surface area (Å²) in [7, 11) is 0. The quantitative estimate of drug-likeness (QED) is 0.610. The number of hydrogen-bond donors (Lipinski definition) is 0. The molecule has 68 valence electrons. The van der Waals surface area contributed by atoms with Gasteiger partial charge in [0.25, 0.3) is 0 Å². The third-order valence-electron chi connectivity index (χ3n) is 2.83. The Bertz CT molecular complexity index is 335. The number of aryl methyl sites for hydroxylation is 1. The predicted octanol–water partition coefficient (Wildman–Crippen LogP) is 1.87. The van der Waals surface area contributed by atoms with Crippen LogP contribution in [0, 0.1) is 0 Å². The van der Waals surface area contributed by atoms with E-state index in [1.165, 1.54) is 5.56 Å². The van der Waals surface area contributed by atoms with Crippen LogP contribution in [0.5, 0.6) is 0 Å². The highest BCUT2D eigenvalue weighted by atomic mass is 16.1. The number of fused-ring (bicyclic) bond motifs is 1. The van der Waals surface area contributed by atoms with Crippen molar-refractivity contribution in [3.63, 3.8) is 0 Å². The maximum absolute atomic E-state index is 11.0. The molecule has 13 heavy (non-hydrogen) atoms. The van der Waals surface area contributed by atoms with Gasteiger partial charge in [0, 0.05) is 6.20 Å². The van der Waals surface area contributed by atoms with Crippen molar-refractivity contribution in [3.05, 3.63) is 29.6 Å². The summed E-state index contributed by atoms with van der Waals surface area (Å²) in [6.45, 7) is 1.98. The molecule has 0 saturated carbocycles. The molecule has 2 rings (SSSR count). The minimum absolute atomic E-state index is 0.338. The fraction of sp³-hybridized carbons (Fsp3) is 0.455. The van der Waals surface area contributed by atoms with Crippen LogP contribution in [0.25, 0.3) is 0 Å². The summed E-state index contributed by atoms with van der Waals surface area (Å²) in [4.78, 5) is 15.3. The minimum atomic E-state index is -0.338. The van der Waals surface area contributed by atoms with Gasteiger partial charge in [-0.1, -0.05) is 6.07 Å². The molecule has 1 aromatic rings. The largest absolute Gasteiger partial charge is 0.302 e. The maximum atomic E-state index is 11.0. The zero-order valence-electron chi connectivity index (χ0n) is 7.79. The third-order valence-corrected chi connectivity index (χ3v) is 2.83. The van der Waals surface area contributed by atoms with Crippen LogP contribution in [-0.4, -0.2) is 11.3 Å². The molecule has 2 nitrogen and oxygen atoms in total. The van der Waals surface area contributed by atoms with Gasteiger partial charge in [-0.3, -0.25) is 4.98 Å². The molecule has 1 aliphatic rings. The lowest BCUT2D eigenvalue weighted by Gasteiger charge is -2.29. The highest BCUT2D eigenvalue weighted by molar-refractivity contribution is 5.68. The summed E-state index contributed by atoms with van der Waals surface area (Å²) < 4.78 is 0. The molecule has 0 saturated heterocycles. The molecule has 1 heterocycles. The number of aldehydes is 1. The molecule has 0 fully saturated rings. The van der Waals surface area contributed by atoms with Crippen LogP contribution in [0.2, 0.25) is 0 Å². The predicted molar refractivity (Wildman–Crippen MR) is 50.6 cm³/mol. The van der Waals surface area contributed by atoms with Crippen LogP contribution in [-0.2, 0) is 16.6 Å². The van der Waals surface area contributed by atoms with Crippen LogP contribution in [0.15, 0.2) is 18.3 Å². The molecule has 0 N–H and O–H groups in total. The van der Waals surface area contributed by atoms with E-state index in [1.807, 2.05) is 13.0 Å². The van der Waals surface area contributed by atoms with Gasteiger partial charge < -0.3 is 4.79 Å². The van der Waals surface area contributed by atoms with Crippen molar-refractivity contribution in [2.75, 3.05) is 0 Å². The molecule has 0 amide bonds. The normalized spacial score (nSPS) is 26.5. The van der Waals surface area contributed by atoms with Crippen LogP contribution < -0.4 is 0 Å². The zero-order valence-corrected chi connectivity index (χ0v) is 7.79. The number of carbonyl (C=O) groups is 1. The first-order chi connectivity index (χ1) is 6.26. The van der Waals surface area contributed by atoms with Crippen molar-refractivity contribution < 1.29 is 4.79 Å². The number of rotatable bonds is 1. The second-order valence-electron chi connectivity index (χ2n) is 3.90. The lowest BCUT2D eigenvalue weighted by molar-refractivity contribution is -0.112. The van der Waals surface area contributed by atoms with E-state index in [2.05, 4.69) is 11.1 Å². The van der Waals surface area contributed by atoms with Crippen LogP contribution in [0.1, 0.15) is 31.0 Å². The fourth-order valence-electron chi connectivity index (χ4n) is 2.03. The zero-order chi connectivity index (χ0) is 9.31. The third kappa shape index (κ3) is 1.26. The Kier molecular flexibility index (Phi) is 1.91. The van der Waals surface area contributed by atoms with Gasteiger partial charge in [-0.05, 0) is 37.8 Å². The Morgan fingerprint density at radius 3 is 3.23 bits per heavy atom. The van der Waals surface area contributed by atoms with E-state index in [4.69, 9.17) is 0 Å². The van der Waals surface area contributed by atoms with Gasteiger partial charge in [-0.2, -0.15) is 0 Å². The fourth-order valence-corrected chi connectivity index (χ4v) is 2.03. The Morgan fingerprint density at radius 2 is 2.46 bits per heavy atom. The van der Waals surface area contributed by atoms with Crippen molar-refractivity contribution in [3.8, 4) is 0 Å². The van der Waals surface area contributed by atoms with Crippen LogP contribution in [0.3, 0.4) is 0 Å². The first-order valence-corrected chi connectivity index (χ1v) is 4.67. The second kappa shape index (κ2) is 2.95. The number of hydrogen-bond acceptors (Lipinski definition) is 2. The molecule has 2 heteroatoms.